The summed E-state index contributed by atoms with van der Waals surface area (Å²) in [6, 6.07) is 0. The molecule has 0 aromatic rings. The predicted octanol–water partition coefficient (Wildman–Crippen LogP) is 4.11. The predicted molar refractivity (Wildman–Crippen MR) is 123 cm³/mol. The minimum absolute atomic E-state index is 0. The summed E-state index contributed by atoms with van der Waals surface area (Å²) in [5.41, 5.74) is 0. The number of unbranched alkanes of at least 4 members (excludes halogenated alkanes) is 13. The van der Waals surface area contributed by atoms with Crippen LogP contribution in [0.2, 0.25) is 0 Å². The summed E-state index contributed by atoms with van der Waals surface area (Å²) in [6.07, 6.45) is 20.8. The summed E-state index contributed by atoms with van der Waals surface area (Å²) < 4.78 is 34.6. The van der Waals surface area contributed by atoms with Crippen molar-refractivity contribution in [1.82, 2.24) is 0 Å². The number of hydrogen-bond donors (Lipinski definition) is 1. The fourth-order valence-electron chi connectivity index (χ4n) is 4.05. The van der Waals surface area contributed by atoms with E-state index in [2.05, 4.69) is 13.8 Å². The van der Waals surface area contributed by atoms with E-state index >= 15 is 0 Å². The molecule has 176 valence electrons. The van der Waals surface area contributed by atoms with Gasteiger partial charge in [0.15, 0.2) is 0 Å². The molecule has 30 heavy (non-hydrogen) atoms. The third-order valence-electron chi connectivity index (χ3n) is 5.97. The third-order valence-corrected chi connectivity index (χ3v) is 7.26. The molecule has 0 fully saturated rings. The second kappa shape index (κ2) is 23.0. The van der Waals surface area contributed by atoms with E-state index < -0.39 is 15.4 Å². The van der Waals surface area contributed by atoms with Gasteiger partial charge < -0.3 is 9.66 Å². The van der Waals surface area contributed by atoms with Gasteiger partial charge in [0, 0.05) is 5.25 Å². The molecule has 0 rings (SSSR count). The van der Waals surface area contributed by atoms with E-state index in [4.69, 9.17) is 0 Å². The molecular weight excluding hydrogens is 407 g/mol. The van der Waals surface area contributed by atoms with Crippen molar-refractivity contribution >= 4 is 10.1 Å². The summed E-state index contributed by atoms with van der Waals surface area (Å²) in [5, 5.41) is 9.01. The molecule has 0 aliphatic rings. The molecule has 0 aliphatic heterocycles. The van der Waals surface area contributed by atoms with Crippen molar-refractivity contribution < 1.29 is 47.6 Å². The number of rotatable bonds is 22. The monoisotopic (exact) mass is 456 g/mol. The van der Waals surface area contributed by atoms with Crippen molar-refractivity contribution in [2.45, 2.75) is 154 Å². The largest absolute Gasteiger partial charge is 1.00 e. The van der Waals surface area contributed by atoms with Crippen molar-refractivity contribution in [3.63, 3.8) is 0 Å². The molecule has 6 heteroatoms. The summed E-state index contributed by atoms with van der Waals surface area (Å²) in [4.78, 5) is 0. The SMILES string of the molecule is CCCCCCCCCCCCCC(CCCCCCC(O)CCC)S(=O)(=O)[O-].[Na+]. The summed E-state index contributed by atoms with van der Waals surface area (Å²) >= 11 is 0. The van der Waals surface area contributed by atoms with E-state index in [1.807, 2.05) is 0 Å². The van der Waals surface area contributed by atoms with Crippen LogP contribution in [0.5, 0.6) is 0 Å². The molecule has 0 aliphatic carbocycles. The Labute approximate surface area is 210 Å². The Morgan fingerprint density at radius 1 is 0.600 bits per heavy atom. The molecule has 0 amide bonds. The zero-order valence-electron chi connectivity index (χ0n) is 20.4. The zero-order valence-corrected chi connectivity index (χ0v) is 23.2. The van der Waals surface area contributed by atoms with Crippen molar-refractivity contribution in [3.8, 4) is 0 Å². The fourth-order valence-corrected chi connectivity index (χ4v) is 4.96. The van der Waals surface area contributed by atoms with Crippen LogP contribution in [0.3, 0.4) is 0 Å². The van der Waals surface area contributed by atoms with Crippen LogP contribution in [0.25, 0.3) is 0 Å². The standard InChI is InChI=1S/C24H50O4S.Na/c1-3-5-6-7-8-9-10-11-12-13-17-21-24(29(26,27)28)22-18-15-14-16-20-23(25)19-4-2;/h23-25H,3-22H2,1-2H3,(H,26,27,28);/q;+1/p-1. The molecule has 2 atom stereocenters. The van der Waals surface area contributed by atoms with Crippen LogP contribution < -0.4 is 29.6 Å². The first-order valence-corrected chi connectivity index (χ1v) is 14.0. The molecule has 0 heterocycles. The van der Waals surface area contributed by atoms with Crippen LogP contribution in [-0.2, 0) is 10.1 Å². The molecule has 0 spiro atoms. The van der Waals surface area contributed by atoms with Crippen molar-refractivity contribution in [2.75, 3.05) is 0 Å². The van der Waals surface area contributed by atoms with Crippen LogP contribution in [-0.4, -0.2) is 29.4 Å². The quantitative estimate of drug-likeness (QED) is 0.151. The maximum Gasteiger partial charge on any atom is 1.00 e. The van der Waals surface area contributed by atoms with E-state index in [9.17, 15) is 18.1 Å². The maximum atomic E-state index is 11.5. The Hall–Kier alpha value is 0.870. The Balaban J connectivity index is 0. The Bertz CT molecular complexity index is 442. The van der Waals surface area contributed by atoms with Gasteiger partial charge in [0.05, 0.1) is 16.2 Å². The average molecular weight is 457 g/mol. The Kier molecular flexibility index (Phi) is 25.4. The van der Waals surface area contributed by atoms with Crippen molar-refractivity contribution in [3.05, 3.63) is 0 Å². The normalized spacial score (nSPS) is 13.7. The molecule has 0 aromatic heterocycles. The molecule has 0 bridgehead atoms. The molecule has 0 radical (unpaired) electrons. The van der Waals surface area contributed by atoms with E-state index in [-0.39, 0.29) is 35.7 Å². The van der Waals surface area contributed by atoms with E-state index in [0.717, 1.165) is 64.2 Å². The van der Waals surface area contributed by atoms with Gasteiger partial charge >= 0.3 is 29.6 Å². The zero-order chi connectivity index (χ0) is 21.8. The van der Waals surface area contributed by atoms with E-state index in [1.165, 1.54) is 51.4 Å². The summed E-state index contributed by atoms with van der Waals surface area (Å²) in [7, 11) is -4.18. The van der Waals surface area contributed by atoms with Gasteiger partial charge in [-0.1, -0.05) is 117 Å². The van der Waals surface area contributed by atoms with Gasteiger partial charge in [-0.3, -0.25) is 0 Å². The van der Waals surface area contributed by atoms with E-state index in [1.54, 1.807) is 0 Å². The molecule has 2 unspecified atom stereocenters. The van der Waals surface area contributed by atoms with Crippen molar-refractivity contribution in [1.29, 1.82) is 0 Å². The number of hydrogen-bond acceptors (Lipinski definition) is 4. The van der Waals surface area contributed by atoms with Crippen LogP contribution >= 0.6 is 0 Å². The Morgan fingerprint density at radius 3 is 1.33 bits per heavy atom. The second-order valence-corrected chi connectivity index (χ2v) is 10.5. The molecule has 0 saturated carbocycles. The summed E-state index contributed by atoms with van der Waals surface area (Å²) in [5.74, 6) is 0. The van der Waals surface area contributed by atoms with Gasteiger partial charge in [-0.25, -0.2) is 8.42 Å². The van der Waals surface area contributed by atoms with Gasteiger partial charge in [0.2, 0.25) is 0 Å². The van der Waals surface area contributed by atoms with Crippen LogP contribution in [0.4, 0.5) is 0 Å². The first-order chi connectivity index (χ1) is 13.9. The first kappa shape index (κ1) is 33.0. The van der Waals surface area contributed by atoms with Crippen LogP contribution in [0.1, 0.15) is 142 Å². The molecule has 0 saturated heterocycles. The molecular formula is C24H49NaO4S. The van der Waals surface area contributed by atoms with Gasteiger partial charge in [-0.2, -0.15) is 0 Å². The minimum atomic E-state index is -4.18. The van der Waals surface area contributed by atoms with Gasteiger partial charge in [0.25, 0.3) is 0 Å². The Morgan fingerprint density at radius 2 is 0.967 bits per heavy atom. The minimum Gasteiger partial charge on any atom is -0.748 e. The van der Waals surface area contributed by atoms with Crippen LogP contribution in [0.15, 0.2) is 0 Å². The van der Waals surface area contributed by atoms with Crippen molar-refractivity contribution in [2.24, 2.45) is 0 Å². The van der Waals surface area contributed by atoms with Gasteiger partial charge in [-0.15, -0.1) is 0 Å². The average Bonchev–Trinajstić information content (AvgIpc) is 2.66. The molecule has 1 N–H and O–H groups in total. The maximum absolute atomic E-state index is 11.5. The molecule has 4 nitrogen and oxygen atoms in total. The number of aliphatic hydroxyl groups excluding tert-OH is 1. The van der Waals surface area contributed by atoms with Gasteiger partial charge in [0.1, 0.15) is 0 Å². The third kappa shape index (κ3) is 22.1. The van der Waals surface area contributed by atoms with Crippen LogP contribution in [0, 0.1) is 0 Å². The van der Waals surface area contributed by atoms with Gasteiger partial charge in [-0.05, 0) is 25.7 Å². The number of aliphatic hydroxyl groups is 1. The topological polar surface area (TPSA) is 77.4 Å². The molecule has 0 aromatic carbocycles. The second-order valence-electron chi connectivity index (χ2n) is 8.87. The smallest absolute Gasteiger partial charge is 0.748 e. The fraction of sp³-hybridized carbons (Fsp3) is 1.00. The first-order valence-electron chi connectivity index (χ1n) is 12.5. The van der Waals surface area contributed by atoms with E-state index in [0.29, 0.717) is 12.8 Å². The summed E-state index contributed by atoms with van der Waals surface area (Å²) in [6.45, 7) is 4.31.